The van der Waals surface area contributed by atoms with Crippen LogP contribution in [-0.4, -0.2) is 10.1 Å². The lowest BCUT2D eigenvalue weighted by atomic mass is 10.2. The fourth-order valence-corrected chi connectivity index (χ4v) is 2.04. The van der Waals surface area contributed by atoms with Crippen molar-refractivity contribution in [3.05, 3.63) is 65.0 Å². The van der Waals surface area contributed by atoms with Crippen molar-refractivity contribution < 1.29 is 4.52 Å². The summed E-state index contributed by atoms with van der Waals surface area (Å²) in [6.45, 7) is 0.501. The van der Waals surface area contributed by atoms with Crippen molar-refractivity contribution in [2.45, 2.75) is 6.54 Å². The Hall–Kier alpha value is -2.14. The molecule has 2 aromatic carbocycles. The number of aromatic nitrogens is 2. The zero-order valence-corrected chi connectivity index (χ0v) is 12.2. The average Bonchev–Trinajstić information content (AvgIpc) is 2.97. The van der Waals surface area contributed by atoms with Crippen LogP contribution in [0, 0.1) is 0 Å². The Kier molecular flexibility index (Phi) is 3.78. The summed E-state index contributed by atoms with van der Waals surface area (Å²) in [6.07, 6.45) is 0. The molecule has 0 bridgehead atoms. The van der Waals surface area contributed by atoms with Gasteiger partial charge in [-0.05, 0) is 24.3 Å². The molecule has 0 aliphatic heterocycles. The molecule has 5 heteroatoms. The Labute approximate surface area is 125 Å². The second-order valence-electron chi connectivity index (χ2n) is 4.24. The van der Waals surface area contributed by atoms with Gasteiger partial charge in [-0.3, -0.25) is 0 Å². The molecule has 100 valence electrons. The first-order valence-electron chi connectivity index (χ1n) is 6.19. The van der Waals surface area contributed by atoms with Gasteiger partial charge in [-0.1, -0.05) is 51.4 Å². The lowest BCUT2D eigenvalue weighted by Crippen LogP contribution is -1.99. The third kappa shape index (κ3) is 3.05. The summed E-state index contributed by atoms with van der Waals surface area (Å²) in [5.74, 6) is 1.17. The first-order chi connectivity index (χ1) is 9.81. The Morgan fingerprint density at radius 1 is 1.00 bits per heavy atom. The van der Waals surface area contributed by atoms with Crippen LogP contribution in [0.15, 0.2) is 63.6 Å². The van der Waals surface area contributed by atoms with Crippen LogP contribution in [0.3, 0.4) is 0 Å². The molecule has 0 radical (unpaired) electrons. The normalized spacial score (nSPS) is 10.4. The van der Waals surface area contributed by atoms with Crippen LogP contribution in [0.5, 0.6) is 0 Å². The maximum absolute atomic E-state index is 5.23. The SMILES string of the molecule is Brc1ccc(NCc2nc(-c3ccccc3)no2)cc1. The van der Waals surface area contributed by atoms with Gasteiger partial charge < -0.3 is 9.84 Å². The number of hydrogen-bond acceptors (Lipinski definition) is 4. The fraction of sp³-hybridized carbons (Fsp3) is 0.0667. The maximum atomic E-state index is 5.23. The van der Waals surface area contributed by atoms with E-state index in [1.54, 1.807) is 0 Å². The van der Waals surface area contributed by atoms with Gasteiger partial charge in [-0.15, -0.1) is 0 Å². The topological polar surface area (TPSA) is 51.0 Å². The molecule has 0 aliphatic carbocycles. The number of rotatable bonds is 4. The molecule has 1 N–H and O–H groups in total. The monoisotopic (exact) mass is 329 g/mol. The minimum absolute atomic E-state index is 0.501. The summed E-state index contributed by atoms with van der Waals surface area (Å²) in [4.78, 5) is 4.36. The zero-order valence-electron chi connectivity index (χ0n) is 10.6. The van der Waals surface area contributed by atoms with Crippen LogP contribution in [0.1, 0.15) is 5.89 Å². The van der Waals surface area contributed by atoms with E-state index in [0.717, 1.165) is 15.7 Å². The summed E-state index contributed by atoms with van der Waals surface area (Å²) < 4.78 is 6.28. The molecule has 3 aromatic rings. The van der Waals surface area contributed by atoms with Crippen molar-refractivity contribution in [1.82, 2.24) is 10.1 Å². The molecule has 0 fully saturated rings. The predicted molar refractivity (Wildman–Crippen MR) is 81.2 cm³/mol. The van der Waals surface area contributed by atoms with E-state index < -0.39 is 0 Å². The van der Waals surface area contributed by atoms with E-state index >= 15 is 0 Å². The molecule has 0 amide bonds. The predicted octanol–water partition coefficient (Wildman–Crippen LogP) is 4.11. The van der Waals surface area contributed by atoms with Crippen molar-refractivity contribution in [1.29, 1.82) is 0 Å². The highest BCUT2D eigenvalue weighted by Gasteiger charge is 2.07. The fourth-order valence-electron chi connectivity index (χ4n) is 1.78. The molecule has 0 saturated carbocycles. The Bertz CT molecular complexity index is 680. The first-order valence-corrected chi connectivity index (χ1v) is 6.98. The zero-order chi connectivity index (χ0) is 13.8. The average molecular weight is 330 g/mol. The molecule has 3 rings (SSSR count). The van der Waals surface area contributed by atoms with Crippen molar-refractivity contribution in [2.75, 3.05) is 5.32 Å². The maximum Gasteiger partial charge on any atom is 0.246 e. The summed E-state index contributed by atoms with van der Waals surface area (Å²) in [5, 5.41) is 7.22. The van der Waals surface area contributed by atoms with Crippen molar-refractivity contribution >= 4 is 21.6 Å². The highest BCUT2D eigenvalue weighted by Crippen LogP contribution is 2.17. The van der Waals surface area contributed by atoms with E-state index in [2.05, 4.69) is 31.4 Å². The molecular weight excluding hydrogens is 318 g/mol. The Morgan fingerprint density at radius 3 is 2.50 bits per heavy atom. The van der Waals surface area contributed by atoms with Crippen molar-refractivity contribution in [3.63, 3.8) is 0 Å². The van der Waals surface area contributed by atoms with Crippen molar-refractivity contribution in [3.8, 4) is 11.4 Å². The smallest absolute Gasteiger partial charge is 0.246 e. The van der Waals surface area contributed by atoms with Crippen LogP contribution < -0.4 is 5.32 Å². The molecule has 4 nitrogen and oxygen atoms in total. The second kappa shape index (κ2) is 5.88. The molecule has 1 heterocycles. The number of hydrogen-bond donors (Lipinski definition) is 1. The molecule has 0 atom stereocenters. The molecule has 0 unspecified atom stereocenters. The molecule has 20 heavy (non-hydrogen) atoms. The highest BCUT2D eigenvalue weighted by molar-refractivity contribution is 9.10. The van der Waals surface area contributed by atoms with Crippen molar-refractivity contribution in [2.24, 2.45) is 0 Å². The largest absolute Gasteiger partial charge is 0.376 e. The van der Waals surface area contributed by atoms with E-state index in [-0.39, 0.29) is 0 Å². The molecule has 0 aliphatic rings. The Balaban J connectivity index is 1.67. The van der Waals surface area contributed by atoms with E-state index in [9.17, 15) is 0 Å². The van der Waals surface area contributed by atoms with E-state index in [1.165, 1.54) is 0 Å². The number of anilines is 1. The van der Waals surface area contributed by atoms with E-state index in [0.29, 0.717) is 18.3 Å². The molecular formula is C15H12BrN3O. The Morgan fingerprint density at radius 2 is 1.75 bits per heavy atom. The summed E-state index contributed by atoms with van der Waals surface area (Å²) in [5.41, 5.74) is 1.96. The van der Waals surface area contributed by atoms with Crippen LogP contribution in [-0.2, 0) is 6.54 Å². The van der Waals surface area contributed by atoms with Gasteiger partial charge >= 0.3 is 0 Å². The summed E-state index contributed by atoms with van der Waals surface area (Å²) in [6, 6.07) is 17.7. The minimum Gasteiger partial charge on any atom is -0.376 e. The van der Waals surface area contributed by atoms with Crippen LogP contribution in [0.25, 0.3) is 11.4 Å². The second-order valence-corrected chi connectivity index (χ2v) is 5.15. The van der Waals surface area contributed by atoms with E-state index in [4.69, 9.17) is 4.52 Å². The molecule has 1 aromatic heterocycles. The van der Waals surface area contributed by atoms with Gasteiger partial charge in [0.05, 0.1) is 6.54 Å². The summed E-state index contributed by atoms with van der Waals surface area (Å²) >= 11 is 3.40. The lowest BCUT2D eigenvalue weighted by molar-refractivity contribution is 0.384. The third-order valence-corrected chi connectivity index (χ3v) is 3.32. The quantitative estimate of drug-likeness (QED) is 0.782. The lowest BCUT2D eigenvalue weighted by Gasteiger charge is -2.02. The highest BCUT2D eigenvalue weighted by atomic mass is 79.9. The van der Waals surface area contributed by atoms with Gasteiger partial charge in [0.25, 0.3) is 0 Å². The van der Waals surface area contributed by atoms with Crippen LogP contribution in [0.4, 0.5) is 5.69 Å². The minimum atomic E-state index is 0.501. The third-order valence-electron chi connectivity index (χ3n) is 2.79. The summed E-state index contributed by atoms with van der Waals surface area (Å²) in [7, 11) is 0. The van der Waals surface area contributed by atoms with Gasteiger partial charge in [0.2, 0.25) is 11.7 Å². The number of nitrogens with zero attached hydrogens (tertiary/aromatic N) is 2. The van der Waals surface area contributed by atoms with Gasteiger partial charge in [0.15, 0.2) is 0 Å². The van der Waals surface area contributed by atoms with Crippen LogP contribution in [0.2, 0.25) is 0 Å². The van der Waals surface area contributed by atoms with Crippen LogP contribution >= 0.6 is 15.9 Å². The van der Waals surface area contributed by atoms with Gasteiger partial charge in [-0.2, -0.15) is 4.98 Å². The number of halogens is 1. The standard InChI is InChI=1S/C15H12BrN3O/c16-12-6-8-13(9-7-12)17-10-14-18-15(19-20-14)11-4-2-1-3-5-11/h1-9,17H,10H2. The van der Waals surface area contributed by atoms with E-state index in [1.807, 2.05) is 54.6 Å². The number of benzene rings is 2. The van der Waals surface area contributed by atoms with Gasteiger partial charge in [0.1, 0.15) is 0 Å². The first kappa shape index (κ1) is 12.9. The molecule has 0 saturated heterocycles. The van der Waals surface area contributed by atoms with Gasteiger partial charge in [-0.25, -0.2) is 0 Å². The van der Waals surface area contributed by atoms with Gasteiger partial charge in [0, 0.05) is 15.7 Å². The molecule has 0 spiro atoms. The number of nitrogens with one attached hydrogen (secondary N) is 1.